The fourth-order valence-electron chi connectivity index (χ4n) is 3.62. The minimum atomic E-state index is -4.85. The molecule has 2 aromatic carbocycles. The van der Waals surface area contributed by atoms with E-state index in [4.69, 9.17) is 5.11 Å². The van der Waals surface area contributed by atoms with Crippen LogP contribution in [0.4, 0.5) is 30.5 Å². The average molecular weight is 505 g/mol. The van der Waals surface area contributed by atoms with Gasteiger partial charge in [0.15, 0.2) is 17.2 Å². The number of hydrogen-bond acceptors (Lipinski definition) is 9. The normalized spacial score (nSPS) is 15.4. The Balaban J connectivity index is 1.98. The van der Waals surface area contributed by atoms with Crippen LogP contribution in [0.1, 0.15) is 17.6 Å². The highest BCUT2D eigenvalue weighted by Gasteiger charge is 2.38. The van der Waals surface area contributed by atoms with Crippen molar-refractivity contribution in [3.63, 3.8) is 0 Å². The Hall–Kier alpha value is -3.62. The first-order chi connectivity index (χ1) is 17.1. The van der Waals surface area contributed by atoms with Crippen LogP contribution in [0.5, 0.6) is 0 Å². The summed E-state index contributed by atoms with van der Waals surface area (Å²) < 4.78 is 42.4. The van der Waals surface area contributed by atoms with Gasteiger partial charge >= 0.3 is 6.18 Å². The molecule has 0 amide bonds. The van der Waals surface area contributed by atoms with Crippen LogP contribution < -0.4 is 4.90 Å². The summed E-state index contributed by atoms with van der Waals surface area (Å²) in [5, 5.41) is 57.4. The number of fused-ring (bicyclic) bond motifs is 1. The summed E-state index contributed by atoms with van der Waals surface area (Å²) in [6.07, 6.45) is -12.7. The molecule has 5 N–H and O–H groups in total. The molecule has 2 heterocycles. The molecule has 0 fully saturated rings. The Kier molecular flexibility index (Phi) is 7.19. The summed E-state index contributed by atoms with van der Waals surface area (Å²) in [6.45, 7) is -0.914. The molecule has 0 saturated carbocycles. The van der Waals surface area contributed by atoms with Crippen LogP contribution in [0.15, 0.2) is 66.7 Å². The molecular weight excluding hydrogens is 483 g/mol. The number of benzene rings is 2. The molecule has 0 spiro atoms. The first kappa shape index (κ1) is 25.5. The van der Waals surface area contributed by atoms with Gasteiger partial charge in [-0.3, -0.25) is 4.90 Å². The standard InChI is InChI=1S/C23H22F3N5O5/c24-23(25,26)16-11-17-28-29-21(20(36)19(35)18(34)15(33)12-32)31(17)22(27-16)30(13-7-3-1-4-8-13)14-9-5-2-6-10-14/h1-11,15,18-20,32-36H,12H2/t15-,18-,19+,20-/m1/s1. The third-order valence-corrected chi connectivity index (χ3v) is 5.44. The molecule has 4 atom stereocenters. The van der Waals surface area contributed by atoms with Crippen molar-refractivity contribution in [1.29, 1.82) is 0 Å². The largest absolute Gasteiger partial charge is 0.433 e. The van der Waals surface area contributed by atoms with Crippen LogP contribution in [-0.4, -0.2) is 70.0 Å². The second-order valence-electron chi connectivity index (χ2n) is 7.87. The molecule has 0 bridgehead atoms. The molecule has 0 aliphatic heterocycles. The van der Waals surface area contributed by atoms with Gasteiger partial charge in [0.1, 0.15) is 24.4 Å². The number of alkyl halides is 3. The van der Waals surface area contributed by atoms with Crippen LogP contribution in [-0.2, 0) is 6.18 Å². The van der Waals surface area contributed by atoms with Gasteiger partial charge in [-0.2, -0.15) is 13.2 Å². The van der Waals surface area contributed by atoms with E-state index in [-0.39, 0.29) is 11.6 Å². The molecule has 0 radical (unpaired) electrons. The zero-order valence-corrected chi connectivity index (χ0v) is 18.5. The summed E-state index contributed by atoms with van der Waals surface area (Å²) >= 11 is 0. The number of nitrogens with zero attached hydrogens (tertiary/aromatic N) is 5. The molecule has 10 nitrogen and oxygen atoms in total. The fourth-order valence-corrected chi connectivity index (χ4v) is 3.62. The van der Waals surface area contributed by atoms with Crippen molar-refractivity contribution in [3.05, 3.63) is 78.2 Å². The Morgan fingerprint density at radius 2 is 1.39 bits per heavy atom. The van der Waals surface area contributed by atoms with E-state index in [9.17, 15) is 33.6 Å². The predicted molar refractivity (Wildman–Crippen MR) is 121 cm³/mol. The van der Waals surface area contributed by atoms with Crippen LogP contribution in [0.25, 0.3) is 5.65 Å². The lowest BCUT2D eigenvalue weighted by Crippen LogP contribution is -2.43. The number of aliphatic hydroxyl groups excluding tert-OH is 5. The molecule has 4 rings (SSSR count). The van der Waals surface area contributed by atoms with E-state index in [0.29, 0.717) is 17.4 Å². The molecule has 2 aromatic heterocycles. The lowest BCUT2D eigenvalue weighted by molar-refractivity contribution is -0.141. The molecule has 0 unspecified atom stereocenters. The Morgan fingerprint density at radius 3 is 1.89 bits per heavy atom. The zero-order chi connectivity index (χ0) is 26.0. The van der Waals surface area contributed by atoms with E-state index in [1.807, 2.05) is 0 Å². The first-order valence-corrected chi connectivity index (χ1v) is 10.7. The third kappa shape index (κ3) is 4.87. The number of para-hydroxylation sites is 2. The maximum Gasteiger partial charge on any atom is 0.433 e. The molecule has 0 aliphatic carbocycles. The highest BCUT2D eigenvalue weighted by atomic mass is 19.4. The van der Waals surface area contributed by atoms with Crippen molar-refractivity contribution < 1.29 is 38.7 Å². The monoisotopic (exact) mass is 505 g/mol. The van der Waals surface area contributed by atoms with Crippen molar-refractivity contribution in [3.8, 4) is 0 Å². The summed E-state index contributed by atoms with van der Waals surface area (Å²) in [5.74, 6) is -0.810. The van der Waals surface area contributed by atoms with Crippen molar-refractivity contribution in [2.24, 2.45) is 0 Å². The van der Waals surface area contributed by atoms with Gasteiger partial charge in [-0.15, -0.1) is 10.2 Å². The summed E-state index contributed by atoms with van der Waals surface area (Å²) in [6, 6.07) is 17.3. The van der Waals surface area contributed by atoms with Gasteiger partial charge in [0.25, 0.3) is 0 Å². The van der Waals surface area contributed by atoms with Crippen molar-refractivity contribution >= 4 is 23.0 Å². The molecule has 0 saturated heterocycles. The van der Waals surface area contributed by atoms with Gasteiger partial charge in [0.05, 0.1) is 6.61 Å². The van der Waals surface area contributed by atoms with E-state index in [1.54, 1.807) is 60.7 Å². The van der Waals surface area contributed by atoms with Crippen molar-refractivity contribution in [2.45, 2.75) is 30.6 Å². The SMILES string of the molecule is OC[C@@H](O)[C@@H](O)[C@H](O)[C@@H](O)c1nnc2cc(C(F)(F)F)nc(N(c3ccccc3)c3ccccc3)n12. The van der Waals surface area contributed by atoms with Crippen molar-refractivity contribution in [2.75, 3.05) is 11.5 Å². The number of rotatable bonds is 8. The van der Waals surface area contributed by atoms with Gasteiger partial charge in [0, 0.05) is 17.4 Å². The number of aromatic nitrogens is 4. The predicted octanol–water partition coefficient (Wildman–Crippen LogP) is 1.72. The van der Waals surface area contributed by atoms with Gasteiger partial charge in [0.2, 0.25) is 5.95 Å². The second-order valence-corrected chi connectivity index (χ2v) is 7.87. The topological polar surface area (TPSA) is 147 Å². The summed E-state index contributed by atoms with van der Waals surface area (Å²) in [4.78, 5) is 5.22. The Labute approximate surface area is 202 Å². The Morgan fingerprint density at radius 1 is 0.833 bits per heavy atom. The van der Waals surface area contributed by atoms with Crippen LogP contribution in [0.2, 0.25) is 0 Å². The van der Waals surface area contributed by atoms with Gasteiger partial charge in [-0.25, -0.2) is 9.38 Å². The molecule has 4 aromatic rings. The van der Waals surface area contributed by atoms with Crippen LogP contribution in [0.3, 0.4) is 0 Å². The summed E-state index contributed by atoms with van der Waals surface area (Å²) in [5.41, 5.74) is -0.779. The Bertz CT molecular complexity index is 1270. The lowest BCUT2D eigenvalue weighted by atomic mass is 10.0. The van der Waals surface area contributed by atoms with Gasteiger partial charge in [-0.1, -0.05) is 36.4 Å². The lowest BCUT2D eigenvalue weighted by Gasteiger charge is -2.28. The van der Waals surface area contributed by atoms with E-state index >= 15 is 0 Å². The van der Waals surface area contributed by atoms with E-state index < -0.39 is 48.7 Å². The van der Waals surface area contributed by atoms with E-state index in [0.717, 1.165) is 4.40 Å². The second kappa shape index (κ2) is 10.2. The molecule has 13 heteroatoms. The highest BCUT2D eigenvalue weighted by molar-refractivity contribution is 5.74. The maximum absolute atomic E-state index is 13.8. The number of hydrogen-bond donors (Lipinski definition) is 5. The van der Waals surface area contributed by atoms with E-state index in [1.165, 1.54) is 4.90 Å². The van der Waals surface area contributed by atoms with Gasteiger partial charge in [-0.05, 0) is 24.3 Å². The molecule has 190 valence electrons. The fraction of sp³-hybridized carbons (Fsp3) is 0.261. The first-order valence-electron chi connectivity index (χ1n) is 10.7. The van der Waals surface area contributed by atoms with Gasteiger partial charge < -0.3 is 25.5 Å². The number of aliphatic hydroxyl groups is 5. The average Bonchev–Trinajstić information content (AvgIpc) is 3.32. The quantitative estimate of drug-likeness (QED) is 0.241. The third-order valence-electron chi connectivity index (χ3n) is 5.44. The number of halogens is 3. The van der Waals surface area contributed by atoms with Crippen LogP contribution >= 0.6 is 0 Å². The van der Waals surface area contributed by atoms with Crippen molar-refractivity contribution in [1.82, 2.24) is 19.6 Å². The summed E-state index contributed by atoms with van der Waals surface area (Å²) in [7, 11) is 0. The smallest absolute Gasteiger partial charge is 0.394 e. The zero-order valence-electron chi connectivity index (χ0n) is 18.5. The van der Waals surface area contributed by atoms with Crippen LogP contribution in [0, 0.1) is 0 Å². The minimum Gasteiger partial charge on any atom is -0.394 e. The molecular formula is C23H22F3N5O5. The molecule has 0 aliphatic rings. The number of anilines is 3. The minimum absolute atomic E-state index is 0.345. The maximum atomic E-state index is 13.8. The molecule has 36 heavy (non-hydrogen) atoms. The van der Waals surface area contributed by atoms with E-state index in [2.05, 4.69) is 15.2 Å². The highest BCUT2D eigenvalue weighted by Crippen LogP contribution is 2.37.